The number of amides is 2. The van der Waals surface area contributed by atoms with E-state index in [0.717, 1.165) is 90.8 Å². The Morgan fingerprint density at radius 1 is 0.892 bits per heavy atom. The molecule has 5 aliphatic rings. The second-order valence-corrected chi connectivity index (χ2v) is 12.2. The monoisotopic (exact) mass is 497 g/mol. The summed E-state index contributed by atoms with van der Waals surface area (Å²) in [7, 11) is 0. The first-order chi connectivity index (χ1) is 18.0. The number of carbonyl (C=O) groups is 2. The van der Waals surface area contributed by atoms with Crippen molar-refractivity contribution < 1.29 is 9.59 Å². The number of carbonyl (C=O) groups excluding carboxylic acids is 2. The van der Waals surface area contributed by atoms with Crippen LogP contribution < -0.4 is 10.6 Å². The van der Waals surface area contributed by atoms with Gasteiger partial charge in [0.15, 0.2) is 0 Å². The van der Waals surface area contributed by atoms with E-state index in [4.69, 9.17) is 4.98 Å². The minimum absolute atomic E-state index is 0.130. The summed E-state index contributed by atoms with van der Waals surface area (Å²) in [6.45, 7) is 0. The molecule has 3 N–H and O–H groups in total. The second-order valence-electron chi connectivity index (χ2n) is 12.2. The molecule has 0 aliphatic heterocycles. The Hall–Kier alpha value is -3.22. The van der Waals surface area contributed by atoms with Crippen molar-refractivity contribution >= 4 is 34.4 Å². The maximum Gasteiger partial charge on any atom is 0.231 e. The molecule has 1 aromatic carbocycles. The lowest BCUT2D eigenvalue weighted by molar-refractivity contribution is -0.140. The molecule has 5 fully saturated rings. The number of imidazole rings is 1. The molecule has 5 saturated carbocycles. The van der Waals surface area contributed by atoms with Crippen molar-refractivity contribution in [3.8, 4) is 11.4 Å². The number of benzene rings is 1. The van der Waals surface area contributed by atoms with Crippen LogP contribution in [0.15, 0.2) is 36.5 Å². The molecule has 2 heterocycles. The molecule has 2 aromatic heterocycles. The summed E-state index contributed by atoms with van der Waals surface area (Å²) in [6, 6.07) is 9.67. The van der Waals surface area contributed by atoms with E-state index in [-0.39, 0.29) is 23.1 Å². The second kappa shape index (κ2) is 8.96. The third kappa shape index (κ3) is 4.32. The van der Waals surface area contributed by atoms with E-state index in [1.165, 1.54) is 25.7 Å². The van der Waals surface area contributed by atoms with Gasteiger partial charge in [-0.2, -0.15) is 0 Å². The van der Waals surface area contributed by atoms with Gasteiger partial charge in [-0.3, -0.25) is 9.59 Å². The van der Waals surface area contributed by atoms with E-state index in [0.29, 0.717) is 5.82 Å². The van der Waals surface area contributed by atoms with E-state index >= 15 is 0 Å². The predicted molar refractivity (Wildman–Crippen MR) is 144 cm³/mol. The third-order valence-electron chi connectivity index (χ3n) is 9.53. The summed E-state index contributed by atoms with van der Waals surface area (Å²) in [5.41, 5.74) is 3.16. The van der Waals surface area contributed by atoms with Gasteiger partial charge in [-0.1, -0.05) is 19.3 Å². The fraction of sp³-hybridized carbons (Fsp3) is 0.533. The molecule has 7 nitrogen and oxygen atoms in total. The summed E-state index contributed by atoms with van der Waals surface area (Å²) < 4.78 is 0. The number of rotatable bonds is 5. The lowest BCUT2D eigenvalue weighted by Gasteiger charge is -2.55. The zero-order valence-electron chi connectivity index (χ0n) is 21.3. The standard InChI is InChI=1S/C30H35N5O2/c36-28(22-4-2-1-3-5-22)32-23-8-6-21(7-9-23)27-33-24-13-26(31-17-25(24)34-27)35-29(37)30-14-18-10-19(15-30)12-20(11-18)16-30/h6-9,13,17-20,22H,1-5,10-12,14-16H2,(H,32,36)(H,33,34)(H,31,35,37). The van der Waals surface area contributed by atoms with Gasteiger partial charge in [0.05, 0.1) is 22.6 Å². The number of H-pyrrole nitrogens is 1. The van der Waals surface area contributed by atoms with Gasteiger partial charge in [0.25, 0.3) is 0 Å². The van der Waals surface area contributed by atoms with Crippen molar-refractivity contribution in [2.75, 3.05) is 10.6 Å². The summed E-state index contributed by atoms with van der Waals surface area (Å²) in [5, 5.41) is 6.22. The van der Waals surface area contributed by atoms with Gasteiger partial charge in [0.1, 0.15) is 11.6 Å². The summed E-state index contributed by atoms with van der Waals surface area (Å²) in [5.74, 6) is 3.92. The smallest absolute Gasteiger partial charge is 0.231 e. The highest BCUT2D eigenvalue weighted by Crippen LogP contribution is 2.60. The Bertz CT molecular complexity index is 1300. The normalized spacial score (nSPS) is 28.9. The van der Waals surface area contributed by atoms with E-state index < -0.39 is 0 Å². The minimum Gasteiger partial charge on any atom is -0.337 e. The lowest BCUT2D eigenvalue weighted by atomic mass is 9.49. The van der Waals surface area contributed by atoms with Crippen molar-refractivity contribution in [2.24, 2.45) is 29.1 Å². The Morgan fingerprint density at radius 3 is 2.24 bits per heavy atom. The van der Waals surface area contributed by atoms with Crippen molar-refractivity contribution in [1.29, 1.82) is 0 Å². The van der Waals surface area contributed by atoms with Crippen LogP contribution in [0.4, 0.5) is 11.5 Å². The van der Waals surface area contributed by atoms with Crippen LogP contribution in [0.1, 0.15) is 70.6 Å². The number of hydrogen-bond acceptors (Lipinski definition) is 4. The average Bonchev–Trinajstić information content (AvgIpc) is 3.32. The molecule has 0 spiro atoms. The maximum absolute atomic E-state index is 13.4. The van der Waals surface area contributed by atoms with E-state index in [1.54, 1.807) is 6.20 Å². The van der Waals surface area contributed by atoms with Crippen molar-refractivity contribution in [3.63, 3.8) is 0 Å². The molecule has 3 aromatic rings. The van der Waals surface area contributed by atoms with Crippen LogP contribution in [-0.4, -0.2) is 26.8 Å². The van der Waals surface area contributed by atoms with E-state index in [2.05, 4.69) is 20.6 Å². The lowest BCUT2D eigenvalue weighted by Crippen LogP contribution is -2.51. The molecule has 5 aliphatic carbocycles. The summed E-state index contributed by atoms with van der Waals surface area (Å²) in [4.78, 5) is 38.6. The number of hydrogen-bond donors (Lipinski definition) is 3. The number of nitrogens with one attached hydrogen (secondary N) is 3. The Labute approximate surface area is 217 Å². The van der Waals surface area contributed by atoms with Crippen LogP contribution >= 0.6 is 0 Å². The first-order valence-corrected chi connectivity index (χ1v) is 14.1. The van der Waals surface area contributed by atoms with Gasteiger partial charge >= 0.3 is 0 Å². The van der Waals surface area contributed by atoms with Crippen LogP contribution in [0.2, 0.25) is 0 Å². The number of anilines is 2. The predicted octanol–water partition coefficient (Wildman–Crippen LogP) is 6.30. The molecule has 0 atom stereocenters. The quantitative estimate of drug-likeness (QED) is 0.385. The Morgan fingerprint density at radius 2 is 1.57 bits per heavy atom. The molecular weight excluding hydrogens is 462 g/mol. The number of aromatic nitrogens is 3. The number of fused-ring (bicyclic) bond motifs is 1. The highest BCUT2D eigenvalue weighted by molar-refractivity contribution is 5.96. The maximum atomic E-state index is 13.4. The number of pyridine rings is 1. The molecule has 7 heteroatoms. The average molecular weight is 498 g/mol. The summed E-state index contributed by atoms with van der Waals surface area (Å²) in [6.07, 6.45) is 14.3. The zero-order chi connectivity index (χ0) is 25.0. The molecule has 2 amide bonds. The molecule has 4 bridgehead atoms. The highest BCUT2D eigenvalue weighted by Gasteiger charge is 2.54. The van der Waals surface area contributed by atoms with Crippen LogP contribution in [0.3, 0.4) is 0 Å². The molecule has 0 saturated heterocycles. The molecule has 8 rings (SSSR count). The first-order valence-electron chi connectivity index (χ1n) is 14.1. The number of aromatic amines is 1. The first kappa shape index (κ1) is 22.9. The van der Waals surface area contributed by atoms with Gasteiger partial charge < -0.3 is 15.6 Å². The fourth-order valence-electron chi connectivity index (χ4n) is 8.07. The van der Waals surface area contributed by atoms with Crippen LogP contribution in [-0.2, 0) is 9.59 Å². The van der Waals surface area contributed by atoms with Crippen molar-refractivity contribution in [3.05, 3.63) is 36.5 Å². The van der Waals surface area contributed by atoms with Crippen LogP contribution in [0, 0.1) is 29.1 Å². The van der Waals surface area contributed by atoms with Gasteiger partial charge in [-0.25, -0.2) is 9.97 Å². The largest absolute Gasteiger partial charge is 0.337 e. The Kier molecular flexibility index (Phi) is 5.56. The molecule has 0 unspecified atom stereocenters. The molecule has 0 radical (unpaired) electrons. The minimum atomic E-state index is -0.198. The van der Waals surface area contributed by atoms with Crippen LogP contribution in [0.25, 0.3) is 22.4 Å². The fourth-order valence-corrected chi connectivity index (χ4v) is 8.07. The topological polar surface area (TPSA) is 99.8 Å². The third-order valence-corrected chi connectivity index (χ3v) is 9.53. The SMILES string of the molecule is O=C(Nc1ccc(-c2nc3cc(NC(=O)C45CC6CC(CC(C6)C4)C5)ncc3[nH]2)cc1)C1CCCCC1. The van der Waals surface area contributed by atoms with Gasteiger partial charge in [0, 0.05) is 23.2 Å². The van der Waals surface area contributed by atoms with Crippen molar-refractivity contribution in [1.82, 2.24) is 15.0 Å². The molecule has 192 valence electrons. The van der Waals surface area contributed by atoms with Crippen molar-refractivity contribution in [2.45, 2.75) is 70.6 Å². The number of nitrogens with zero attached hydrogens (tertiary/aromatic N) is 2. The molecular formula is C30H35N5O2. The van der Waals surface area contributed by atoms with Crippen LogP contribution in [0.5, 0.6) is 0 Å². The molecule has 37 heavy (non-hydrogen) atoms. The van der Waals surface area contributed by atoms with E-state index in [9.17, 15) is 9.59 Å². The van der Waals surface area contributed by atoms with Gasteiger partial charge in [-0.05, 0) is 93.4 Å². The summed E-state index contributed by atoms with van der Waals surface area (Å²) >= 11 is 0. The Balaban J connectivity index is 1.04. The van der Waals surface area contributed by atoms with Gasteiger partial charge in [-0.15, -0.1) is 0 Å². The van der Waals surface area contributed by atoms with Gasteiger partial charge in [0.2, 0.25) is 11.8 Å². The highest BCUT2D eigenvalue weighted by atomic mass is 16.2. The zero-order valence-corrected chi connectivity index (χ0v) is 21.3. The van der Waals surface area contributed by atoms with E-state index in [1.807, 2.05) is 30.3 Å².